The molecule has 1 aromatic carbocycles. The summed E-state index contributed by atoms with van der Waals surface area (Å²) in [4.78, 5) is 33.7. The molecule has 2 heterocycles. The molecule has 152 valence electrons. The van der Waals surface area contributed by atoms with Crippen molar-refractivity contribution in [1.29, 1.82) is 0 Å². The summed E-state index contributed by atoms with van der Waals surface area (Å²) >= 11 is 0. The highest BCUT2D eigenvalue weighted by Gasteiger charge is 2.46. The number of hydrogen-bond acceptors (Lipinski definition) is 5. The molecule has 0 spiro atoms. The second-order valence-corrected chi connectivity index (χ2v) is 7.17. The highest BCUT2D eigenvalue weighted by atomic mass is 16.3. The second-order valence-electron chi connectivity index (χ2n) is 7.17. The van der Waals surface area contributed by atoms with Gasteiger partial charge in [-0.2, -0.15) is 0 Å². The molecule has 0 bridgehead atoms. The van der Waals surface area contributed by atoms with Crippen LogP contribution in [0.3, 0.4) is 0 Å². The largest absolute Gasteiger partial charge is 0.507 e. The van der Waals surface area contributed by atoms with Crippen LogP contribution in [0.1, 0.15) is 36.6 Å². The normalized spacial score (nSPS) is 18.6. The van der Waals surface area contributed by atoms with Crippen LogP contribution in [-0.2, 0) is 9.59 Å². The average molecular weight is 393 g/mol. The summed E-state index contributed by atoms with van der Waals surface area (Å²) in [5.74, 6) is -1.39. The summed E-state index contributed by atoms with van der Waals surface area (Å²) in [6, 6.07) is 10.2. The van der Waals surface area contributed by atoms with Crippen molar-refractivity contribution in [2.24, 2.45) is 0 Å². The zero-order chi connectivity index (χ0) is 21.0. The highest BCUT2D eigenvalue weighted by molar-refractivity contribution is 6.46. The number of pyridine rings is 1. The fraction of sp³-hybridized carbons (Fsp3) is 0.348. The van der Waals surface area contributed by atoms with Crippen molar-refractivity contribution in [3.05, 3.63) is 71.1 Å². The number of rotatable bonds is 7. The molecule has 0 aliphatic carbocycles. The van der Waals surface area contributed by atoms with Gasteiger partial charge in [0.1, 0.15) is 5.76 Å². The number of aromatic nitrogens is 1. The summed E-state index contributed by atoms with van der Waals surface area (Å²) < 4.78 is 0. The Balaban J connectivity index is 2.06. The molecule has 6 nitrogen and oxygen atoms in total. The minimum absolute atomic E-state index is 0.117. The minimum atomic E-state index is -0.656. The summed E-state index contributed by atoms with van der Waals surface area (Å²) in [6.45, 7) is 8.85. The number of likely N-dealkylation sites (N-methyl/N-ethyl adjacent to an activating group) is 1. The molecule has 29 heavy (non-hydrogen) atoms. The Bertz CT molecular complexity index is 903. The lowest BCUT2D eigenvalue weighted by Crippen LogP contribution is -2.38. The fourth-order valence-corrected chi connectivity index (χ4v) is 3.65. The number of amides is 1. The van der Waals surface area contributed by atoms with E-state index in [0.29, 0.717) is 24.2 Å². The van der Waals surface area contributed by atoms with Gasteiger partial charge in [-0.1, -0.05) is 49.7 Å². The van der Waals surface area contributed by atoms with Crippen LogP contribution in [0.2, 0.25) is 0 Å². The lowest BCUT2D eigenvalue weighted by atomic mass is 9.96. The first kappa shape index (κ1) is 20.7. The van der Waals surface area contributed by atoms with Crippen molar-refractivity contribution in [1.82, 2.24) is 14.8 Å². The first-order chi connectivity index (χ1) is 14.0. The summed E-state index contributed by atoms with van der Waals surface area (Å²) in [5, 5.41) is 11.0. The van der Waals surface area contributed by atoms with Gasteiger partial charge in [0.2, 0.25) is 0 Å². The number of likely N-dealkylation sites (tertiary alicyclic amines) is 1. The molecule has 3 rings (SSSR count). The number of aliphatic hydroxyl groups is 1. The van der Waals surface area contributed by atoms with Gasteiger partial charge >= 0.3 is 0 Å². The van der Waals surface area contributed by atoms with Crippen molar-refractivity contribution in [2.75, 3.05) is 26.2 Å². The smallest absolute Gasteiger partial charge is 0.295 e. The van der Waals surface area contributed by atoms with E-state index in [-0.39, 0.29) is 11.3 Å². The predicted octanol–water partition coefficient (Wildman–Crippen LogP) is 3.15. The van der Waals surface area contributed by atoms with Crippen LogP contribution < -0.4 is 0 Å². The first-order valence-electron chi connectivity index (χ1n) is 9.95. The van der Waals surface area contributed by atoms with Crippen molar-refractivity contribution in [3.8, 4) is 0 Å². The monoisotopic (exact) mass is 393 g/mol. The first-order valence-corrected chi connectivity index (χ1v) is 9.95. The average Bonchev–Trinajstić information content (AvgIpc) is 3.00. The molecule has 1 aliphatic heterocycles. The van der Waals surface area contributed by atoms with E-state index in [2.05, 4.69) is 23.7 Å². The maximum atomic E-state index is 12.9. The Hall–Kier alpha value is -2.99. The fourth-order valence-electron chi connectivity index (χ4n) is 3.65. The van der Waals surface area contributed by atoms with Gasteiger partial charge in [-0.05, 0) is 31.6 Å². The third-order valence-corrected chi connectivity index (χ3v) is 5.42. The molecule has 0 unspecified atom stereocenters. The molecule has 1 saturated heterocycles. The topological polar surface area (TPSA) is 73.7 Å². The van der Waals surface area contributed by atoms with Crippen molar-refractivity contribution < 1.29 is 14.7 Å². The Labute approximate surface area is 171 Å². The summed E-state index contributed by atoms with van der Waals surface area (Å²) in [6.07, 6.45) is 3.29. The van der Waals surface area contributed by atoms with Crippen LogP contribution in [-0.4, -0.2) is 57.8 Å². The number of hydrogen-bond donors (Lipinski definition) is 1. The molecule has 0 radical (unpaired) electrons. The lowest BCUT2D eigenvalue weighted by molar-refractivity contribution is -0.140. The maximum absolute atomic E-state index is 12.9. The van der Waals surface area contributed by atoms with E-state index in [1.165, 1.54) is 0 Å². The third kappa shape index (κ3) is 4.22. The highest BCUT2D eigenvalue weighted by Crippen LogP contribution is 2.38. The van der Waals surface area contributed by atoms with Crippen LogP contribution in [0.4, 0.5) is 0 Å². The second kappa shape index (κ2) is 9.01. The summed E-state index contributed by atoms with van der Waals surface area (Å²) in [5.41, 5.74) is 2.39. The molecule has 1 N–H and O–H groups in total. The Kier molecular flexibility index (Phi) is 6.44. The SMILES string of the molecule is CCN(CC)CCN1C(=O)C(=O)/C(=C(/O)c2ccc(C)cc2)[C@H]1c1cccnc1. The van der Waals surface area contributed by atoms with Gasteiger partial charge in [0.25, 0.3) is 11.7 Å². The van der Waals surface area contributed by atoms with Gasteiger partial charge in [0.15, 0.2) is 0 Å². The quantitative estimate of drug-likeness (QED) is 0.444. The molecule has 0 saturated carbocycles. The molecule has 1 fully saturated rings. The third-order valence-electron chi connectivity index (χ3n) is 5.42. The number of ketones is 1. The Morgan fingerprint density at radius 2 is 1.83 bits per heavy atom. The van der Waals surface area contributed by atoms with Gasteiger partial charge < -0.3 is 14.9 Å². The number of aliphatic hydroxyl groups excluding tert-OH is 1. The minimum Gasteiger partial charge on any atom is -0.507 e. The number of aryl methyl sites for hydroxylation is 1. The van der Waals surface area contributed by atoms with E-state index in [4.69, 9.17) is 0 Å². The van der Waals surface area contributed by atoms with E-state index in [0.717, 1.165) is 18.7 Å². The molecule has 6 heteroatoms. The van der Waals surface area contributed by atoms with Crippen molar-refractivity contribution in [3.63, 3.8) is 0 Å². The van der Waals surface area contributed by atoms with Crippen LogP contribution >= 0.6 is 0 Å². The van der Waals surface area contributed by atoms with E-state index in [1.807, 2.05) is 25.1 Å². The number of benzene rings is 1. The molecule has 1 atom stereocenters. The Morgan fingerprint density at radius 1 is 1.14 bits per heavy atom. The zero-order valence-corrected chi connectivity index (χ0v) is 17.1. The van der Waals surface area contributed by atoms with E-state index in [9.17, 15) is 14.7 Å². The van der Waals surface area contributed by atoms with Crippen LogP contribution in [0.15, 0.2) is 54.4 Å². The van der Waals surface area contributed by atoms with E-state index < -0.39 is 17.7 Å². The van der Waals surface area contributed by atoms with Crippen LogP contribution in [0.25, 0.3) is 5.76 Å². The van der Waals surface area contributed by atoms with Gasteiger partial charge in [-0.3, -0.25) is 14.6 Å². The van der Waals surface area contributed by atoms with Gasteiger partial charge in [0.05, 0.1) is 11.6 Å². The maximum Gasteiger partial charge on any atom is 0.295 e. The molecular formula is C23H27N3O3. The van der Waals surface area contributed by atoms with Gasteiger partial charge in [0, 0.05) is 31.0 Å². The molecule has 2 aromatic rings. The number of Topliss-reactive ketones (excluding diaryl/α,β-unsaturated/α-hetero) is 1. The molecule has 1 aliphatic rings. The lowest BCUT2D eigenvalue weighted by Gasteiger charge is -2.28. The van der Waals surface area contributed by atoms with Crippen molar-refractivity contribution >= 4 is 17.4 Å². The van der Waals surface area contributed by atoms with E-state index in [1.54, 1.807) is 35.5 Å². The standard InChI is InChI=1S/C23H27N3O3/c1-4-25(5-2)13-14-26-20(18-7-6-12-24-15-18)19(22(28)23(26)29)21(27)17-10-8-16(3)9-11-17/h6-12,15,20,27H,4-5,13-14H2,1-3H3/b21-19+/t20-/m1/s1. The molecule has 1 amide bonds. The van der Waals surface area contributed by atoms with Gasteiger partial charge in [-0.25, -0.2) is 0 Å². The molecular weight excluding hydrogens is 366 g/mol. The Morgan fingerprint density at radius 3 is 2.41 bits per heavy atom. The van der Waals surface area contributed by atoms with Crippen molar-refractivity contribution in [2.45, 2.75) is 26.8 Å². The number of nitrogens with zero attached hydrogens (tertiary/aromatic N) is 3. The van der Waals surface area contributed by atoms with Gasteiger partial charge in [-0.15, -0.1) is 0 Å². The number of carbonyl (C=O) groups excluding carboxylic acids is 2. The summed E-state index contributed by atoms with van der Waals surface area (Å²) in [7, 11) is 0. The van der Waals surface area contributed by atoms with E-state index >= 15 is 0 Å². The zero-order valence-electron chi connectivity index (χ0n) is 17.1. The van der Waals surface area contributed by atoms with Crippen LogP contribution in [0.5, 0.6) is 0 Å². The molecule has 1 aromatic heterocycles. The van der Waals surface area contributed by atoms with Crippen LogP contribution in [0, 0.1) is 6.92 Å². The predicted molar refractivity (Wildman–Crippen MR) is 112 cm³/mol. The number of carbonyl (C=O) groups is 2.